The Morgan fingerprint density at radius 1 is 1.00 bits per heavy atom. The molecule has 0 aliphatic heterocycles. The molecule has 0 aliphatic carbocycles. The van der Waals surface area contributed by atoms with Crippen molar-refractivity contribution in [2.24, 2.45) is 10.2 Å². The quantitative estimate of drug-likeness (QED) is 0.506. The molecule has 0 radical (unpaired) electrons. The van der Waals surface area contributed by atoms with Crippen molar-refractivity contribution in [1.29, 1.82) is 0 Å². The lowest BCUT2D eigenvalue weighted by atomic mass is 10.3. The van der Waals surface area contributed by atoms with Gasteiger partial charge >= 0.3 is 0 Å². The molecule has 0 unspecified atom stereocenters. The summed E-state index contributed by atoms with van der Waals surface area (Å²) in [6.07, 6.45) is 0. The SMILES string of the molecule is O=[N+]([O-])c1ccc(N=Nc2ccccc2O)cc1. The van der Waals surface area contributed by atoms with Crippen LogP contribution in [0.1, 0.15) is 0 Å². The smallest absolute Gasteiger partial charge is 0.269 e. The van der Waals surface area contributed by atoms with Crippen molar-refractivity contribution in [3.8, 4) is 5.75 Å². The van der Waals surface area contributed by atoms with Gasteiger partial charge in [0.05, 0.1) is 10.6 Å². The predicted molar refractivity (Wildman–Crippen MR) is 65.4 cm³/mol. The summed E-state index contributed by atoms with van der Waals surface area (Å²) < 4.78 is 0. The van der Waals surface area contributed by atoms with E-state index in [0.717, 1.165) is 0 Å². The first kappa shape index (κ1) is 11.7. The van der Waals surface area contributed by atoms with Gasteiger partial charge in [-0.05, 0) is 24.3 Å². The highest BCUT2D eigenvalue weighted by molar-refractivity contribution is 5.50. The first-order valence-corrected chi connectivity index (χ1v) is 5.11. The Kier molecular flexibility index (Phi) is 3.29. The molecule has 0 spiro atoms. The van der Waals surface area contributed by atoms with Crippen LogP contribution in [0.3, 0.4) is 0 Å². The van der Waals surface area contributed by atoms with Gasteiger partial charge in [0.15, 0.2) is 0 Å². The number of nitrogens with zero attached hydrogens (tertiary/aromatic N) is 3. The monoisotopic (exact) mass is 243 g/mol. The minimum atomic E-state index is -0.482. The van der Waals surface area contributed by atoms with Crippen molar-refractivity contribution in [2.45, 2.75) is 0 Å². The Hall–Kier alpha value is -2.76. The first-order chi connectivity index (χ1) is 8.66. The Balaban J connectivity index is 2.19. The Morgan fingerprint density at radius 2 is 1.67 bits per heavy atom. The maximum Gasteiger partial charge on any atom is 0.269 e. The van der Waals surface area contributed by atoms with E-state index in [1.54, 1.807) is 18.2 Å². The van der Waals surface area contributed by atoms with Crippen LogP contribution in [0.25, 0.3) is 0 Å². The number of phenolic OH excluding ortho intramolecular Hbond substituents is 1. The van der Waals surface area contributed by atoms with Gasteiger partial charge in [-0.1, -0.05) is 12.1 Å². The van der Waals surface area contributed by atoms with E-state index in [0.29, 0.717) is 11.4 Å². The fourth-order valence-electron chi connectivity index (χ4n) is 1.30. The second-order valence-electron chi connectivity index (χ2n) is 3.46. The number of nitro groups is 1. The molecule has 2 aromatic carbocycles. The molecule has 18 heavy (non-hydrogen) atoms. The molecule has 2 aromatic rings. The van der Waals surface area contributed by atoms with E-state index in [-0.39, 0.29) is 11.4 Å². The van der Waals surface area contributed by atoms with Crippen LogP contribution in [0.4, 0.5) is 17.1 Å². The molecule has 0 amide bonds. The standard InChI is InChI=1S/C12H9N3O3/c16-12-4-2-1-3-11(12)14-13-9-5-7-10(8-6-9)15(17)18/h1-8,16H. The molecular formula is C12H9N3O3. The van der Waals surface area contributed by atoms with E-state index in [9.17, 15) is 15.2 Å². The molecule has 1 N–H and O–H groups in total. The number of hydrogen-bond acceptors (Lipinski definition) is 5. The molecule has 0 saturated heterocycles. The zero-order chi connectivity index (χ0) is 13.0. The van der Waals surface area contributed by atoms with Crippen molar-refractivity contribution in [2.75, 3.05) is 0 Å². The molecule has 0 aliphatic rings. The predicted octanol–water partition coefficient (Wildman–Crippen LogP) is 3.72. The molecule has 6 nitrogen and oxygen atoms in total. The summed E-state index contributed by atoms with van der Waals surface area (Å²) in [6.45, 7) is 0. The number of para-hydroxylation sites is 1. The number of nitro benzene ring substituents is 1. The number of non-ortho nitro benzene ring substituents is 1. The van der Waals surface area contributed by atoms with E-state index in [2.05, 4.69) is 10.2 Å². The normalized spacial score (nSPS) is 10.7. The Morgan fingerprint density at radius 3 is 2.28 bits per heavy atom. The van der Waals surface area contributed by atoms with Crippen LogP contribution < -0.4 is 0 Å². The number of rotatable bonds is 3. The van der Waals surface area contributed by atoms with Gasteiger partial charge < -0.3 is 5.11 Å². The lowest BCUT2D eigenvalue weighted by Crippen LogP contribution is -1.85. The maximum atomic E-state index is 10.5. The van der Waals surface area contributed by atoms with Crippen LogP contribution in [0, 0.1) is 10.1 Å². The molecule has 0 saturated carbocycles. The summed E-state index contributed by atoms with van der Waals surface area (Å²) in [5.74, 6) is 0.0307. The van der Waals surface area contributed by atoms with Crippen molar-refractivity contribution >= 4 is 17.1 Å². The molecule has 0 fully saturated rings. The van der Waals surface area contributed by atoms with Gasteiger partial charge in [-0.3, -0.25) is 10.1 Å². The number of azo groups is 1. The van der Waals surface area contributed by atoms with E-state index in [4.69, 9.17) is 0 Å². The third-order valence-electron chi connectivity index (χ3n) is 2.22. The zero-order valence-electron chi connectivity index (χ0n) is 9.22. The van der Waals surface area contributed by atoms with Crippen molar-refractivity contribution in [1.82, 2.24) is 0 Å². The van der Waals surface area contributed by atoms with E-state index >= 15 is 0 Å². The minimum Gasteiger partial charge on any atom is -0.506 e. The van der Waals surface area contributed by atoms with Crippen molar-refractivity contribution in [3.63, 3.8) is 0 Å². The van der Waals surface area contributed by atoms with Crippen LogP contribution in [0.5, 0.6) is 5.75 Å². The van der Waals surface area contributed by atoms with Gasteiger partial charge in [-0.2, -0.15) is 5.11 Å². The first-order valence-electron chi connectivity index (χ1n) is 5.11. The number of benzene rings is 2. The van der Waals surface area contributed by atoms with Crippen LogP contribution in [0.2, 0.25) is 0 Å². The Bertz CT molecular complexity index is 594. The Labute approximate surface area is 102 Å². The summed E-state index contributed by atoms with van der Waals surface area (Å²) in [7, 11) is 0. The van der Waals surface area contributed by atoms with Gasteiger partial charge in [0.25, 0.3) is 5.69 Å². The zero-order valence-corrected chi connectivity index (χ0v) is 9.22. The third-order valence-corrected chi connectivity index (χ3v) is 2.22. The van der Waals surface area contributed by atoms with Crippen LogP contribution >= 0.6 is 0 Å². The summed E-state index contributed by atoms with van der Waals surface area (Å²) >= 11 is 0. The molecule has 0 heterocycles. The minimum absolute atomic E-state index is 0.00323. The highest BCUT2D eigenvalue weighted by Gasteiger charge is 2.03. The molecular weight excluding hydrogens is 234 g/mol. The van der Waals surface area contributed by atoms with Gasteiger partial charge in [0, 0.05) is 12.1 Å². The largest absolute Gasteiger partial charge is 0.506 e. The van der Waals surface area contributed by atoms with Crippen LogP contribution in [-0.4, -0.2) is 10.0 Å². The van der Waals surface area contributed by atoms with Crippen LogP contribution in [-0.2, 0) is 0 Å². The van der Waals surface area contributed by atoms with E-state index < -0.39 is 4.92 Å². The fraction of sp³-hybridized carbons (Fsp3) is 0. The molecule has 2 rings (SSSR count). The number of aromatic hydroxyl groups is 1. The van der Waals surface area contributed by atoms with Gasteiger partial charge in [-0.15, -0.1) is 5.11 Å². The lowest BCUT2D eigenvalue weighted by Gasteiger charge is -1.96. The second-order valence-corrected chi connectivity index (χ2v) is 3.46. The topological polar surface area (TPSA) is 88.1 Å². The summed E-state index contributed by atoms with van der Waals surface area (Å²) in [5.41, 5.74) is 0.816. The summed E-state index contributed by atoms with van der Waals surface area (Å²) in [6, 6.07) is 12.2. The molecule has 6 heteroatoms. The molecule has 0 aromatic heterocycles. The molecule has 90 valence electrons. The highest BCUT2D eigenvalue weighted by Crippen LogP contribution is 2.27. The molecule has 0 atom stereocenters. The van der Waals surface area contributed by atoms with E-state index in [1.165, 1.54) is 30.3 Å². The average Bonchev–Trinajstić information content (AvgIpc) is 2.38. The van der Waals surface area contributed by atoms with Gasteiger partial charge in [-0.25, -0.2) is 0 Å². The number of phenols is 1. The summed E-state index contributed by atoms with van der Waals surface area (Å²) in [4.78, 5) is 9.97. The average molecular weight is 243 g/mol. The number of hydrogen-bond donors (Lipinski definition) is 1. The fourth-order valence-corrected chi connectivity index (χ4v) is 1.30. The third kappa shape index (κ3) is 2.67. The molecule has 0 bridgehead atoms. The van der Waals surface area contributed by atoms with E-state index in [1.807, 2.05) is 0 Å². The van der Waals surface area contributed by atoms with Crippen LogP contribution in [0.15, 0.2) is 58.8 Å². The lowest BCUT2D eigenvalue weighted by molar-refractivity contribution is -0.384. The highest BCUT2D eigenvalue weighted by atomic mass is 16.6. The summed E-state index contributed by atoms with van der Waals surface area (Å²) in [5, 5.41) is 27.7. The second kappa shape index (κ2) is 5.05. The maximum absolute atomic E-state index is 10.5. The van der Waals surface area contributed by atoms with Gasteiger partial charge in [0.2, 0.25) is 0 Å². The van der Waals surface area contributed by atoms with Crippen molar-refractivity contribution < 1.29 is 10.0 Å². The van der Waals surface area contributed by atoms with Crippen molar-refractivity contribution in [3.05, 3.63) is 58.6 Å². The van der Waals surface area contributed by atoms with Gasteiger partial charge in [0.1, 0.15) is 11.4 Å².